The minimum absolute atomic E-state index is 0.375. The topological polar surface area (TPSA) is 65.7 Å². The molecule has 2 heterocycles. The molecule has 0 fully saturated rings. The Morgan fingerprint density at radius 3 is 2.74 bits per heavy atom. The summed E-state index contributed by atoms with van der Waals surface area (Å²) in [5.41, 5.74) is 2.61. The van der Waals surface area contributed by atoms with Gasteiger partial charge in [-0.1, -0.05) is 18.2 Å². The van der Waals surface area contributed by atoms with Crippen molar-refractivity contribution in [3.63, 3.8) is 0 Å². The molecule has 0 saturated carbocycles. The monoisotopic (exact) mass is 361 g/mol. The maximum Gasteiger partial charge on any atom is 0.223 e. The summed E-state index contributed by atoms with van der Waals surface area (Å²) in [4.78, 5) is 5.49. The van der Waals surface area contributed by atoms with Gasteiger partial charge in [0, 0.05) is 12.3 Å². The Morgan fingerprint density at radius 1 is 1.00 bits per heavy atom. The molecule has 0 spiro atoms. The SMILES string of the molecule is CCOc1cccc(-c2cc(F)cc(-n3nnc(-c4ccccn4)n3)c2)c1. The molecule has 2 aromatic carbocycles. The van der Waals surface area contributed by atoms with Crippen molar-refractivity contribution in [2.45, 2.75) is 6.92 Å². The molecule has 4 aromatic rings. The van der Waals surface area contributed by atoms with Gasteiger partial charge >= 0.3 is 0 Å². The van der Waals surface area contributed by atoms with Gasteiger partial charge in [-0.3, -0.25) is 4.98 Å². The number of hydrogen-bond acceptors (Lipinski definition) is 5. The largest absolute Gasteiger partial charge is 0.494 e. The van der Waals surface area contributed by atoms with Gasteiger partial charge in [0.05, 0.1) is 12.3 Å². The average molecular weight is 361 g/mol. The fraction of sp³-hybridized carbons (Fsp3) is 0.100. The summed E-state index contributed by atoms with van der Waals surface area (Å²) in [6.07, 6.45) is 1.65. The fourth-order valence-electron chi connectivity index (χ4n) is 2.71. The smallest absolute Gasteiger partial charge is 0.223 e. The van der Waals surface area contributed by atoms with E-state index in [9.17, 15) is 4.39 Å². The molecule has 0 bridgehead atoms. The fourth-order valence-corrected chi connectivity index (χ4v) is 2.71. The van der Waals surface area contributed by atoms with E-state index in [1.165, 1.54) is 16.9 Å². The predicted molar refractivity (Wildman–Crippen MR) is 98.9 cm³/mol. The van der Waals surface area contributed by atoms with Crippen LogP contribution in [0.15, 0.2) is 66.9 Å². The third-order valence-electron chi connectivity index (χ3n) is 3.90. The number of halogens is 1. The minimum Gasteiger partial charge on any atom is -0.494 e. The Kier molecular flexibility index (Phi) is 4.57. The van der Waals surface area contributed by atoms with Crippen LogP contribution < -0.4 is 4.74 Å². The van der Waals surface area contributed by atoms with E-state index in [1.807, 2.05) is 43.3 Å². The van der Waals surface area contributed by atoms with E-state index in [0.717, 1.165) is 11.3 Å². The molecule has 0 aliphatic heterocycles. The number of hydrogen-bond donors (Lipinski definition) is 0. The Balaban J connectivity index is 1.71. The van der Waals surface area contributed by atoms with Crippen LogP contribution in [0, 0.1) is 5.82 Å². The minimum atomic E-state index is -0.388. The summed E-state index contributed by atoms with van der Waals surface area (Å²) >= 11 is 0. The highest BCUT2D eigenvalue weighted by molar-refractivity contribution is 5.67. The van der Waals surface area contributed by atoms with Crippen molar-refractivity contribution >= 4 is 0 Å². The number of ether oxygens (including phenoxy) is 1. The van der Waals surface area contributed by atoms with Crippen molar-refractivity contribution < 1.29 is 9.13 Å². The molecule has 4 rings (SSSR count). The van der Waals surface area contributed by atoms with E-state index in [0.29, 0.717) is 29.4 Å². The lowest BCUT2D eigenvalue weighted by atomic mass is 10.0. The summed E-state index contributed by atoms with van der Waals surface area (Å²) in [6, 6.07) is 17.6. The van der Waals surface area contributed by atoms with Crippen LogP contribution in [0.2, 0.25) is 0 Å². The number of nitrogens with zero attached hydrogens (tertiary/aromatic N) is 5. The van der Waals surface area contributed by atoms with Crippen LogP contribution in [0.3, 0.4) is 0 Å². The summed E-state index contributed by atoms with van der Waals surface area (Å²) in [7, 11) is 0. The van der Waals surface area contributed by atoms with Crippen LogP contribution in [-0.4, -0.2) is 31.8 Å². The second kappa shape index (κ2) is 7.33. The third kappa shape index (κ3) is 3.67. The zero-order valence-electron chi connectivity index (χ0n) is 14.6. The van der Waals surface area contributed by atoms with Gasteiger partial charge in [-0.05, 0) is 59.7 Å². The van der Waals surface area contributed by atoms with Crippen LogP contribution in [0.5, 0.6) is 5.75 Å². The summed E-state index contributed by atoms with van der Waals surface area (Å²) in [6.45, 7) is 2.49. The van der Waals surface area contributed by atoms with Crippen LogP contribution in [0.4, 0.5) is 4.39 Å². The molecule has 0 aliphatic carbocycles. The molecule has 134 valence electrons. The standard InChI is InChI=1S/C20H16FN5O/c1-2-27-18-7-5-6-14(12-18)15-10-16(21)13-17(11-15)26-24-20(23-25-26)19-8-3-4-9-22-19/h3-13H,2H2,1H3. The maximum absolute atomic E-state index is 14.2. The molecule has 0 aliphatic rings. The van der Waals surface area contributed by atoms with E-state index in [4.69, 9.17) is 4.74 Å². The van der Waals surface area contributed by atoms with Crippen molar-refractivity contribution in [1.29, 1.82) is 0 Å². The van der Waals surface area contributed by atoms with E-state index in [1.54, 1.807) is 18.3 Å². The highest BCUT2D eigenvalue weighted by Gasteiger charge is 2.11. The quantitative estimate of drug-likeness (QED) is 0.539. The first-order valence-electron chi connectivity index (χ1n) is 8.48. The Bertz CT molecular complexity index is 1060. The normalized spacial score (nSPS) is 10.7. The molecule has 0 amide bonds. The van der Waals surface area contributed by atoms with E-state index in [2.05, 4.69) is 20.4 Å². The van der Waals surface area contributed by atoms with Crippen LogP contribution >= 0.6 is 0 Å². The molecule has 2 aromatic heterocycles. The Morgan fingerprint density at radius 2 is 1.93 bits per heavy atom. The van der Waals surface area contributed by atoms with Gasteiger partial charge in [-0.25, -0.2) is 4.39 Å². The second-order valence-electron chi connectivity index (χ2n) is 5.78. The van der Waals surface area contributed by atoms with Crippen LogP contribution in [0.1, 0.15) is 6.92 Å². The van der Waals surface area contributed by atoms with E-state index >= 15 is 0 Å². The lowest BCUT2D eigenvalue weighted by Crippen LogP contribution is -2.00. The lowest BCUT2D eigenvalue weighted by Gasteiger charge is -2.08. The zero-order chi connectivity index (χ0) is 18.6. The third-order valence-corrected chi connectivity index (χ3v) is 3.90. The highest BCUT2D eigenvalue weighted by atomic mass is 19.1. The number of aromatic nitrogens is 5. The Hall–Kier alpha value is -3.61. The molecule has 27 heavy (non-hydrogen) atoms. The molecule has 0 radical (unpaired) electrons. The van der Waals surface area contributed by atoms with Gasteiger partial charge in [0.25, 0.3) is 0 Å². The highest BCUT2D eigenvalue weighted by Crippen LogP contribution is 2.27. The molecular weight excluding hydrogens is 345 g/mol. The summed E-state index contributed by atoms with van der Waals surface area (Å²) < 4.78 is 19.8. The van der Waals surface area contributed by atoms with Gasteiger partial charge < -0.3 is 4.74 Å². The first-order chi connectivity index (χ1) is 13.2. The van der Waals surface area contributed by atoms with Crippen molar-refractivity contribution in [2.75, 3.05) is 6.61 Å². The molecule has 0 unspecified atom stereocenters. The van der Waals surface area contributed by atoms with Crippen LogP contribution in [0.25, 0.3) is 28.3 Å². The molecule has 7 heteroatoms. The molecular formula is C20H16FN5O. The van der Waals surface area contributed by atoms with Crippen molar-refractivity contribution in [2.24, 2.45) is 0 Å². The van der Waals surface area contributed by atoms with Gasteiger partial charge in [0.2, 0.25) is 5.82 Å². The predicted octanol–water partition coefficient (Wildman–Crippen LogP) is 3.93. The summed E-state index contributed by atoms with van der Waals surface area (Å²) in [5, 5.41) is 12.4. The Labute approximate surface area is 155 Å². The number of pyridine rings is 1. The van der Waals surface area contributed by atoms with Gasteiger partial charge in [-0.2, -0.15) is 0 Å². The maximum atomic E-state index is 14.2. The zero-order valence-corrected chi connectivity index (χ0v) is 14.6. The van der Waals surface area contributed by atoms with E-state index < -0.39 is 0 Å². The lowest BCUT2D eigenvalue weighted by molar-refractivity contribution is 0.340. The van der Waals surface area contributed by atoms with Gasteiger partial charge in [0.1, 0.15) is 17.3 Å². The van der Waals surface area contributed by atoms with Crippen molar-refractivity contribution in [1.82, 2.24) is 25.2 Å². The number of tetrazole rings is 1. The molecule has 0 saturated heterocycles. The first kappa shape index (κ1) is 16.8. The molecule has 6 nitrogen and oxygen atoms in total. The summed E-state index contributed by atoms with van der Waals surface area (Å²) in [5.74, 6) is 0.720. The van der Waals surface area contributed by atoms with Crippen molar-refractivity contribution in [3.05, 3.63) is 72.7 Å². The van der Waals surface area contributed by atoms with Crippen LogP contribution in [-0.2, 0) is 0 Å². The first-order valence-corrected chi connectivity index (χ1v) is 8.48. The molecule has 0 atom stereocenters. The van der Waals surface area contributed by atoms with Gasteiger partial charge in [-0.15, -0.1) is 15.0 Å². The molecule has 0 N–H and O–H groups in total. The van der Waals surface area contributed by atoms with Crippen molar-refractivity contribution in [3.8, 4) is 34.1 Å². The van der Waals surface area contributed by atoms with Gasteiger partial charge in [0.15, 0.2) is 0 Å². The second-order valence-corrected chi connectivity index (χ2v) is 5.78. The average Bonchev–Trinajstić information content (AvgIpc) is 3.19. The van der Waals surface area contributed by atoms with E-state index in [-0.39, 0.29) is 5.82 Å². The number of benzene rings is 2. The number of rotatable bonds is 5.